The number of rotatable bonds is 8. The van der Waals surface area contributed by atoms with Crippen LogP contribution in [0.3, 0.4) is 0 Å². The molecule has 3 atom stereocenters. The van der Waals surface area contributed by atoms with Gasteiger partial charge in [0.15, 0.2) is 5.75 Å². The topological polar surface area (TPSA) is 143 Å². The van der Waals surface area contributed by atoms with Crippen LogP contribution in [0.15, 0.2) is 65.8 Å². The van der Waals surface area contributed by atoms with Gasteiger partial charge in [0.05, 0.1) is 35.7 Å². The third-order valence-corrected chi connectivity index (χ3v) is 11.4. The highest BCUT2D eigenvalue weighted by molar-refractivity contribution is 8.25. The van der Waals surface area contributed by atoms with Gasteiger partial charge >= 0.3 is 0 Å². The summed E-state index contributed by atoms with van der Waals surface area (Å²) in [6.45, 7) is 12.7. The zero-order valence-electron chi connectivity index (χ0n) is 31.1. The number of hydrogen-bond donors (Lipinski definition) is 3. The van der Waals surface area contributed by atoms with E-state index in [1.54, 1.807) is 42.7 Å². The van der Waals surface area contributed by atoms with Gasteiger partial charge in [-0.25, -0.2) is 19.7 Å². The Balaban J connectivity index is 1.43. The molecule has 11 nitrogen and oxygen atoms in total. The molecule has 12 heteroatoms. The van der Waals surface area contributed by atoms with E-state index in [0.29, 0.717) is 54.1 Å². The summed E-state index contributed by atoms with van der Waals surface area (Å²) in [5.74, 6) is 2.20. The maximum Gasteiger partial charge on any atom is 0.254 e. The van der Waals surface area contributed by atoms with Crippen molar-refractivity contribution in [3.05, 3.63) is 83.4 Å². The van der Waals surface area contributed by atoms with Crippen molar-refractivity contribution in [2.75, 3.05) is 11.3 Å². The maximum absolute atomic E-state index is 14.9. The lowest BCUT2D eigenvalue weighted by Crippen LogP contribution is -2.50. The molecule has 4 bridgehead atoms. The number of nitrogens with one attached hydrogen (secondary N) is 1. The highest BCUT2D eigenvalue weighted by atomic mass is 32.3. The Bertz CT molecular complexity index is 1830. The summed E-state index contributed by atoms with van der Waals surface area (Å²) in [7, 11) is -3.68. The van der Waals surface area contributed by atoms with Gasteiger partial charge in [-0.05, 0) is 88.1 Å². The minimum atomic E-state index is -3.68. The molecule has 4 heterocycles. The van der Waals surface area contributed by atoms with Crippen LogP contribution in [0.2, 0.25) is 0 Å². The fourth-order valence-corrected chi connectivity index (χ4v) is 8.55. The van der Waals surface area contributed by atoms with Crippen molar-refractivity contribution in [1.29, 1.82) is 0 Å². The van der Waals surface area contributed by atoms with E-state index in [0.717, 1.165) is 48.8 Å². The summed E-state index contributed by atoms with van der Waals surface area (Å²) < 4.78 is 38.1. The van der Waals surface area contributed by atoms with Gasteiger partial charge in [0.2, 0.25) is 11.8 Å². The second-order valence-electron chi connectivity index (χ2n) is 14.8. The highest BCUT2D eigenvalue weighted by Crippen LogP contribution is 2.48. The second kappa shape index (κ2) is 16.2. The van der Waals surface area contributed by atoms with Gasteiger partial charge in [-0.2, -0.15) is 4.98 Å². The van der Waals surface area contributed by atoms with E-state index >= 15 is 0 Å². The van der Waals surface area contributed by atoms with E-state index in [1.165, 1.54) is 0 Å². The predicted octanol–water partition coefficient (Wildman–Crippen LogP) is 8.92. The van der Waals surface area contributed by atoms with E-state index in [1.807, 2.05) is 50.8 Å². The van der Waals surface area contributed by atoms with E-state index in [4.69, 9.17) is 14.5 Å². The minimum Gasteiger partial charge on any atom is -0.488 e. The molecular formula is C40H52N6O5S. The molecular weight excluding hydrogens is 677 g/mol. The lowest BCUT2D eigenvalue weighted by atomic mass is 9.86. The number of ether oxygens (including phenoxy) is 2. The second-order valence-corrected chi connectivity index (χ2v) is 16.6. The van der Waals surface area contributed by atoms with Gasteiger partial charge in [0.25, 0.3) is 5.91 Å². The molecule has 1 saturated heterocycles. The first kappa shape index (κ1) is 37.5. The van der Waals surface area contributed by atoms with Crippen LogP contribution >= 0.6 is 10.8 Å². The van der Waals surface area contributed by atoms with Gasteiger partial charge in [-0.1, -0.05) is 61.7 Å². The van der Waals surface area contributed by atoms with Crippen molar-refractivity contribution in [3.8, 4) is 22.9 Å². The first-order valence-corrected chi connectivity index (χ1v) is 20.0. The van der Waals surface area contributed by atoms with Crippen LogP contribution in [-0.2, 0) is 6.42 Å². The van der Waals surface area contributed by atoms with Gasteiger partial charge in [0.1, 0.15) is 5.82 Å². The molecule has 6 rings (SSSR count). The van der Waals surface area contributed by atoms with Gasteiger partial charge in [-0.3, -0.25) is 13.9 Å². The number of aromatic nitrogens is 4. The molecule has 2 aliphatic rings. The number of anilines is 1. The maximum atomic E-state index is 14.9. The Labute approximate surface area is 309 Å². The number of carbonyl (C=O) groups excluding carboxylic acids is 1. The predicted molar refractivity (Wildman–Crippen MR) is 205 cm³/mol. The van der Waals surface area contributed by atoms with Crippen molar-refractivity contribution in [2.24, 2.45) is 11.8 Å². The summed E-state index contributed by atoms with van der Waals surface area (Å²) in [4.78, 5) is 35.7. The summed E-state index contributed by atoms with van der Waals surface area (Å²) in [6, 6.07) is 14.1. The third-order valence-electron chi connectivity index (χ3n) is 9.97. The smallest absolute Gasteiger partial charge is 0.254 e. The summed E-state index contributed by atoms with van der Waals surface area (Å²) >= 11 is 0. The molecule has 4 aromatic rings. The SMILES string of the molecule is Cc1cccc(C)c1-c1cc2nc(n1)NS(O)(O)c1cccc(c1)C(=O)N1C(Cc3ncc(OC(C)C)cn3)CCCC(CCC(C)C)C1CCO2. The Morgan fingerprint density at radius 3 is 2.42 bits per heavy atom. The number of aryl methyl sites for hydroxylation is 2. The fraction of sp³-hybridized carbons (Fsp3) is 0.475. The Kier molecular flexibility index (Phi) is 11.7. The van der Waals surface area contributed by atoms with Crippen molar-refractivity contribution >= 4 is 22.6 Å². The largest absolute Gasteiger partial charge is 0.488 e. The lowest BCUT2D eigenvalue weighted by molar-refractivity contribution is 0.0444. The monoisotopic (exact) mass is 728 g/mol. The average molecular weight is 729 g/mol. The normalized spacial score (nSPS) is 21.0. The first-order valence-electron chi connectivity index (χ1n) is 18.4. The van der Waals surface area contributed by atoms with Crippen LogP contribution < -0.4 is 14.2 Å². The number of amides is 1. The number of nitrogens with zero attached hydrogens (tertiary/aromatic N) is 5. The minimum absolute atomic E-state index is 0.00647. The first-order chi connectivity index (χ1) is 24.9. The molecule has 0 saturated carbocycles. The molecule has 2 aromatic heterocycles. The zero-order chi connectivity index (χ0) is 37.0. The van der Waals surface area contributed by atoms with Crippen molar-refractivity contribution < 1.29 is 23.4 Å². The molecule has 1 amide bonds. The Morgan fingerprint density at radius 2 is 1.71 bits per heavy atom. The van der Waals surface area contributed by atoms with E-state index < -0.39 is 10.8 Å². The fourth-order valence-electron chi connectivity index (χ4n) is 7.53. The molecule has 3 N–H and O–H groups in total. The number of benzene rings is 2. The lowest BCUT2D eigenvalue weighted by Gasteiger charge is -2.40. The van der Waals surface area contributed by atoms with Crippen LogP contribution in [-0.4, -0.2) is 64.6 Å². The number of carbonyl (C=O) groups is 1. The highest BCUT2D eigenvalue weighted by Gasteiger charge is 2.39. The van der Waals surface area contributed by atoms with Crippen LogP contribution in [0.5, 0.6) is 11.6 Å². The van der Waals surface area contributed by atoms with Gasteiger partial charge in [0, 0.05) is 42.1 Å². The molecule has 0 aliphatic carbocycles. The summed E-state index contributed by atoms with van der Waals surface area (Å²) in [6.07, 6.45) is 9.24. The molecule has 0 radical (unpaired) electrons. The molecule has 52 heavy (non-hydrogen) atoms. The standard InChI is InChI=1S/C40H52N6O5S/c1-25(2)16-17-29-12-8-14-31(21-36-41-23-32(24-42-36)51-26(3)4)46-35(29)18-19-50-37-22-34(38-27(5)10-7-11-28(38)6)43-40(44-37)45-52(48,49)33-15-9-13-30(20-33)39(46)47/h7,9-11,13,15,20,22-26,29,31,35,48-49H,8,12,14,16-19,21H2,1-6H3,(H,43,44,45). The molecule has 1 fully saturated rings. The van der Waals surface area contributed by atoms with Crippen LogP contribution in [0.4, 0.5) is 5.95 Å². The molecule has 0 spiro atoms. The summed E-state index contributed by atoms with van der Waals surface area (Å²) in [5.41, 5.74) is 3.99. The molecule has 2 aliphatic heterocycles. The zero-order valence-corrected chi connectivity index (χ0v) is 31.9. The van der Waals surface area contributed by atoms with Crippen molar-refractivity contribution in [1.82, 2.24) is 24.8 Å². The quantitative estimate of drug-likeness (QED) is 0.161. The third kappa shape index (κ3) is 8.85. The molecule has 278 valence electrons. The van der Waals surface area contributed by atoms with Crippen LogP contribution in [0.1, 0.15) is 93.5 Å². The van der Waals surface area contributed by atoms with Crippen molar-refractivity contribution in [2.45, 2.75) is 110 Å². The van der Waals surface area contributed by atoms with E-state index in [2.05, 4.69) is 33.5 Å². The van der Waals surface area contributed by atoms with Gasteiger partial charge < -0.3 is 14.4 Å². The van der Waals surface area contributed by atoms with E-state index in [-0.39, 0.29) is 40.9 Å². The van der Waals surface area contributed by atoms with Crippen LogP contribution in [0.25, 0.3) is 11.3 Å². The molecule has 2 aromatic carbocycles. The Hall–Kier alpha value is -4.26. The number of fused-ring (bicyclic) bond motifs is 5. The average Bonchev–Trinajstić information content (AvgIpc) is 3.25. The number of hydrogen-bond acceptors (Lipinski definition) is 10. The van der Waals surface area contributed by atoms with Crippen molar-refractivity contribution in [3.63, 3.8) is 0 Å². The van der Waals surface area contributed by atoms with Gasteiger partial charge in [-0.15, -0.1) is 0 Å². The van der Waals surface area contributed by atoms with Crippen LogP contribution in [0, 0.1) is 25.7 Å². The van der Waals surface area contributed by atoms with E-state index in [9.17, 15) is 13.9 Å². The summed E-state index contributed by atoms with van der Waals surface area (Å²) in [5, 5.41) is 0. The molecule has 3 unspecified atom stereocenters. The Morgan fingerprint density at radius 1 is 0.981 bits per heavy atom.